The Kier molecular flexibility index (Phi) is 0.846. The molecule has 7 heavy (non-hydrogen) atoms. The van der Waals surface area contributed by atoms with Gasteiger partial charge in [-0.3, -0.25) is 0 Å². The molecule has 1 aliphatic rings. The van der Waals surface area contributed by atoms with Crippen LogP contribution in [0, 0.1) is 0 Å². The molecule has 0 amide bonds. The van der Waals surface area contributed by atoms with E-state index in [4.69, 9.17) is 10.2 Å². The Morgan fingerprint density at radius 3 is 2.57 bits per heavy atom. The molecule has 0 saturated carbocycles. The SMILES string of the molecule is OC1(O)N=CCN1. The second-order valence-electron chi connectivity index (χ2n) is 1.33. The van der Waals surface area contributed by atoms with Gasteiger partial charge in [-0.25, -0.2) is 10.3 Å². The second-order valence-corrected chi connectivity index (χ2v) is 1.33. The predicted molar refractivity (Wildman–Crippen MR) is 23.7 cm³/mol. The van der Waals surface area contributed by atoms with Crippen LogP contribution in [0.3, 0.4) is 0 Å². The Labute approximate surface area is 40.5 Å². The Hall–Kier alpha value is -0.450. The Balaban J connectivity index is 2.57. The quantitative estimate of drug-likeness (QED) is 0.318. The highest BCUT2D eigenvalue weighted by molar-refractivity contribution is 5.62. The monoisotopic (exact) mass is 102 g/mol. The van der Waals surface area contributed by atoms with Gasteiger partial charge in [0.2, 0.25) is 0 Å². The Morgan fingerprint density at radius 1 is 1.71 bits per heavy atom. The van der Waals surface area contributed by atoms with Crippen LogP contribution in [0.5, 0.6) is 0 Å². The molecule has 0 aromatic rings. The van der Waals surface area contributed by atoms with Gasteiger partial charge in [-0.15, -0.1) is 0 Å². The van der Waals surface area contributed by atoms with Crippen LogP contribution in [0.4, 0.5) is 0 Å². The zero-order valence-corrected chi connectivity index (χ0v) is 3.63. The molecular weight excluding hydrogens is 96.0 g/mol. The molecule has 40 valence electrons. The van der Waals surface area contributed by atoms with Crippen molar-refractivity contribution in [2.45, 2.75) is 6.03 Å². The van der Waals surface area contributed by atoms with Crippen molar-refractivity contribution < 1.29 is 10.2 Å². The molecule has 0 radical (unpaired) electrons. The zero-order chi connectivity index (χ0) is 5.33. The van der Waals surface area contributed by atoms with Gasteiger partial charge in [0.05, 0.1) is 0 Å². The second kappa shape index (κ2) is 1.26. The zero-order valence-electron chi connectivity index (χ0n) is 3.63. The molecule has 4 nitrogen and oxygen atoms in total. The highest BCUT2D eigenvalue weighted by Crippen LogP contribution is 1.96. The minimum atomic E-state index is -1.99. The molecule has 4 heteroatoms. The van der Waals surface area contributed by atoms with Crippen LogP contribution in [-0.2, 0) is 0 Å². The van der Waals surface area contributed by atoms with Crippen molar-refractivity contribution in [1.82, 2.24) is 5.32 Å². The van der Waals surface area contributed by atoms with E-state index in [1.807, 2.05) is 0 Å². The van der Waals surface area contributed by atoms with Crippen molar-refractivity contribution in [3.05, 3.63) is 0 Å². The topological polar surface area (TPSA) is 64.8 Å². The lowest BCUT2D eigenvalue weighted by molar-refractivity contribution is -0.168. The van der Waals surface area contributed by atoms with E-state index in [9.17, 15) is 0 Å². The van der Waals surface area contributed by atoms with Crippen LogP contribution < -0.4 is 5.32 Å². The number of aliphatic imine (C=N–C) groups is 1. The van der Waals surface area contributed by atoms with Crippen molar-refractivity contribution in [2.75, 3.05) is 6.54 Å². The first-order chi connectivity index (χ1) is 3.21. The molecule has 0 aromatic heterocycles. The predicted octanol–water partition coefficient (Wildman–Crippen LogP) is -1.74. The average molecular weight is 102 g/mol. The average Bonchev–Trinajstić information content (AvgIpc) is 1.84. The molecule has 0 spiro atoms. The third kappa shape index (κ3) is 0.957. The van der Waals surface area contributed by atoms with Gasteiger partial charge in [0.25, 0.3) is 0 Å². The summed E-state index contributed by atoms with van der Waals surface area (Å²) in [4.78, 5) is 3.24. The summed E-state index contributed by atoms with van der Waals surface area (Å²) < 4.78 is 0. The fraction of sp³-hybridized carbons (Fsp3) is 0.667. The summed E-state index contributed by atoms with van der Waals surface area (Å²) >= 11 is 0. The first-order valence-corrected chi connectivity index (χ1v) is 1.94. The van der Waals surface area contributed by atoms with Crippen molar-refractivity contribution in [3.8, 4) is 0 Å². The fourth-order valence-electron chi connectivity index (χ4n) is 0.401. The van der Waals surface area contributed by atoms with Crippen molar-refractivity contribution >= 4 is 6.21 Å². The smallest absolute Gasteiger partial charge is 0.330 e. The third-order valence-electron chi connectivity index (χ3n) is 0.702. The number of hydrogen-bond acceptors (Lipinski definition) is 4. The molecule has 1 aliphatic heterocycles. The molecular formula is C3H6N2O2. The fourth-order valence-corrected chi connectivity index (χ4v) is 0.401. The summed E-state index contributed by atoms with van der Waals surface area (Å²) in [5.41, 5.74) is 0. The largest absolute Gasteiger partial charge is 0.334 e. The number of aliphatic hydroxyl groups is 2. The van der Waals surface area contributed by atoms with E-state index < -0.39 is 6.03 Å². The van der Waals surface area contributed by atoms with Crippen LogP contribution in [0.1, 0.15) is 0 Å². The van der Waals surface area contributed by atoms with Gasteiger partial charge in [-0.1, -0.05) is 0 Å². The Bertz CT molecular complexity index is 99.1. The lowest BCUT2D eigenvalue weighted by atomic mass is 10.7. The van der Waals surface area contributed by atoms with Gasteiger partial charge >= 0.3 is 6.03 Å². The molecule has 1 rings (SSSR count). The minimum absolute atomic E-state index is 0.424. The van der Waals surface area contributed by atoms with Crippen molar-refractivity contribution in [3.63, 3.8) is 0 Å². The number of nitrogens with one attached hydrogen (secondary N) is 1. The molecule has 0 aliphatic carbocycles. The Morgan fingerprint density at radius 2 is 2.43 bits per heavy atom. The lowest BCUT2D eigenvalue weighted by Gasteiger charge is -2.08. The molecule has 0 atom stereocenters. The van der Waals surface area contributed by atoms with Crippen LogP contribution in [0.2, 0.25) is 0 Å². The van der Waals surface area contributed by atoms with E-state index in [0.29, 0.717) is 6.54 Å². The van der Waals surface area contributed by atoms with E-state index >= 15 is 0 Å². The molecule has 1 heterocycles. The van der Waals surface area contributed by atoms with Crippen LogP contribution in [0.25, 0.3) is 0 Å². The van der Waals surface area contributed by atoms with E-state index in [1.54, 1.807) is 0 Å². The van der Waals surface area contributed by atoms with E-state index in [1.165, 1.54) is 6.21 Å². The maximum absolute atomic E-state index is 8.44. The lowest BCUT2D eigenvalue weighted by Crippen LogP contribution is -2.38. The summed E-state index contributed by atoms with van der Waals surface area (Å²) in [7, 11) is 0. The first kappa shape index (κ1) is 4.70. The molecule has 0 unspecified atom stereocenters. The van der Waals surface area contributed by atoms with Crippen molar-refractivity contribution in [1.29, 1.82) is 0 Å². The highest BCUT2D eigenvalue weighted by atomic mass is 16.5. The molecule has 3 N–H and O–H groups in total. The van der Waals surface area contributed by atoms with Crippen LogP contribution in [0.15, 0.2) is 4.99 Å². The van der Waals surface area contributed by atoms with E-state index in [2.05, 4.69) is 10.3 Å². The standard InChI is InChI=1S/C3H6N2O2/c6-3(7)4-1-2-5-3/h1,5-7H,2H2. The molecule has 0 fully saturated rings. The van der Waals surface area contributed by atoms with Crippen molar-refractivity contribution in [2.24, 2.45) is 4.99 Å². The molecule has 0 saturated heterocycles. The summed E-state index contributed by atoms with van der Waals surface area (Å²) in [6, 6.07) is -1.99. The highest BCUT2D eigenvalue weighted by Gasteiger charge is 2.22. The number of hydrogen-bond donors (Lipinski definition) is 3. The minimum Gasteiger partial charge on any atom is -0.334 e. The maximum Gasteiger partial charge on any atom is 0.330 e. The molecule has 0 bridgehead atoms. The van der Waals surface area contributed by atoms with Crippen LogP contribution >= 0.6 is 0 Å². The van der Waals surface area contributed by atoms with Crippen LogP contribution in [-0.4, -0.2) is 29.0 Å². The maximum atomic E-state index is 8.44. The summed E-state index contributed by atoms with van der Waals surface area (Å²) in [6.45, 7) is 0.424. The molecule has 0 aromatic carbocycles. The summed E-state index contributed by atoms with van der Waals surface area (Å²) in [5.74, 6) is 0. The van der Waals surface area contributed by atoms with Gasteiger partial charge in [0.1, 0.15) is 0 Å². The third-order valence-corrected chi connectivity index (χ3v) is 0.702. The first-order valence-electron chi connectivity index (χ1n) is 1.94. The van der Waals surface area contributed by atoms with Gasteiger partial charge in [0, 0.05) is 12.8 Å². The number of nitrogens with zero attached hydrogens (tertiary/aromatic N) is 1. The van der Waals surface area contributed by atoms with E-state index in [0.717, 1.165) is 0 Å². The van der Waals surface area contributed by atoms with Gasteiger partial charge in [0.15, 0.2) is 0 Å². The van der Waals surface area contributed by atoms with Gasteiger partial charge in [-0.2, -0.15) is 0 Å². The normalized spacial score (nSPS) is 26.0. The van der Waals surface area contributed by atoms with Gasteiger partial charge < -0.3 is 10.2 Å². The number of rotatable bonds is 0. The summed E-state index contributed by atoms with van der Waals surface area (Å²) in [5, 5.41) is 19.2. The van der Waals surface area contributed by atoms with Gasteiger partial charge in [-0.05, 0) is 0 Å². The van der Waals surface area contributed by atoms with E-state index in [-0.39, 0.29) is 0 Å². The summed E-state index contributed by atoms with van der Waals surface area (Å²) in [6.07, 6.45) is 1.40.